The molecule has 0 radical (unpaired) electrons. The molecule has 0 saturated heterocycles. The summed E-state index contributed by atoms with van der Waals surface area (Å²) in [7, 11) is 0. The molecule has 0 saturated carbocycles. The summed E-state index contributed by atoms with van der Waals surface area (Å²) < 4.78 is 5.90. The number of ether oxygens (including phenoxy) is 1. The molecule has 2 unspecified atom stereocenters. The fourth-order valence-electron chi connectivity index (χ4n) is 3.35. The maximum Gasteiger partial charge on any atom is 0.335 e. The van der Waals surface area contributed by atoms with Crippen molar-refractivity contribution >= 4 is 22.6 Å². The maximum absolute atomic E-state index is 11.4. The van der Waals surface area contributed by atoms with E-state index in [2.05, 4.69) is 10.3 Å². The topological polar surface area (TPSA) is 91.7 Å². The average Bonchev–Trinajstić information content (AvgIpc) is 2.81. The SMILES string of the molecule is O=C(O)C(O)C(Nc1cccc(OCc2ccc3ccccc3n2)c1)c1ccccc1. The van der Waals surface area contributed by atoms with Gasteiger partial charge in [-0.25, -0.2) is 9.78 Å². The Morgan fingerprint density at radius 1 is 0.935 bits per heavy atom. The molecule has 1 heterocycles. The van der Waals surface area contributed by atoms with Gasteiger partial charge in [-0.2, -0.15) is 0 Å². The molecule has 2 atom stereocenters. The zero-order valence-electron chi connectivity index (χ0n) is 16.7. The second-order valence-corrected chi connectivity index (χ2v) is 7.13. The minimum absolute atomic E-state index is 0.300. The summed E-state index contributed by atoms with van der Waals surface area (Å²) in [6.07, 6.45) is -1.60. The standard InChI is InChI=1S/C25H22N2O4/c28-24(25(29)30)23(18-8-2-1-3-9-18)27-19-10-6-11-21(15-19)31-16-20-14-13-17-7-4-5-12-22(17)26-20/h1-15,23-24,27-28H,16H2,(H,29,30). The summed E-state index contributed by atoms with van der Waals surface area (Å²) in [5, 5.41) is 23.7. The van der Waals surface area contributed by atoms with Crippen LogP contribution in [0.15, 0.2) is 91.0 Å². The summed E-state index contributed by atoms with van der Waals surface area (Å²) >= 11 is 0. The van der Waals surface area contributed by atoms with E-state index in [1.807, 2.05) is 48.5 Å². The zero-order valence-corrected chi connectivity index (χ0v) is 16.7. The maximum atomic E-state index is 11.4. The summed E-state index contributed by atoms with van der Waals surface area (Å²) in [6.45, 7) is 0.300. The third-order valence-electron chi connectivity index (χ3n) is 4.93. The van der Waals surface area contributed by atoms with Crippen LogP contribution in [0.2, 0.25) is 0 Å². The Kier molecular flexibility index (Phi) is 6.10. The Bertz CT molecular complexity index is 1180. The predicted octanol–water partition coefficient (Wildman–Crippen LogP) is 4.41. The summed E-state index contributed by atoms with van der Waals surface area (Å²) in [5.74, 6) is -0.687. The van der Waals surface area contributed by atoms with Crippen LogP contribution in [0, 0.1) is 0 Å². The first-order valence-corrected chi connectivity index (χ1v) is 9.90. The van der Waals surface area contributed by atoms with Gasteiger partial charge in [-0.1, -0.05) is 60.7 Å². The van der Waals surface area contributed by atoms with Gasteiger partial charge in [0.25, 0.3) is 0 Å². The molecular formula is C25H22N2O4. The number of carboxylic acids is 1. The van der Waals surface area contributed by atoms with E-state index in [-0.39, 0.29) is 0 Å². The van der Waals surface area contributed by atoms with Crippen LogP contribution in [0.1, 0.15) is 17.3 Å². The number of aromatic nitrogens is 1. The minimum Gasteiger partial charge on any atom is -0.487 e. The molecule has 6 nitrogen and oxygen atoms in total. The van der Waals surface area contributed by atoms with E-state index in [0.717, 1.165) is 16.6 Å². The molecule has 0 aliphatic heterocycles. The van der Waals surface area contributed by atoms with Crippen LogP contribution in [0.3, 0.4) is 0 Å². The quantitative estimate of drug-likeness (QED) is 0.396. The molecule has 0 spiro atoms. The molecule has 3 N–H and O–H groups in total. The van der Waals surface area contributed by atoms with Crippen LogP contribution in [-0.4, -0.2) is 27.3 Å². The lowest BCUT2D eigenvalue weighted by molar-refractivity contribution is -0.147. The monoisotopic (exact) mass is 414 g/mol. The van der Waals surface area contributed by atoms with Crippen molar-refractivity contribution in [1.29, 1.82) is 0 Å². The number of nitrogens with one attached hydrogen (secondary N) is 1. The number of benzene rings is 3. The van der Waals surface area contributed by atoms with Crippen molar-refractivity contribution in [2.24, 2.45) is 0 Å². The Morgan fingerprint density at radius 3 is 2.52 bits per heavy atom. The smallest absolute Gasteiger partial charge is 0.335 e. The number of pyridine rings is 1. The van der Waals surface area contributed by atoms with E-state index >= 15 is 0 Å². The minimum atomic E-state index is -1.60. The number of aliphatic carboxylic acids is 1. The van der Waals surface area contributed by atoms with Gasteiger partial charge < -0.3 is 20.3 Å². The number of carboxylic acid groups (broad SMARTS) is 1. The van der Waals surface area contributed by atoms with Crippen molar-refractivity contribution in [2.75, 3.05) is 5.32 Å². The van der Waals surface area contributed by atoms with Gasteiger partial charge in [0.1, 0.15) is 12.4 Å². The first kappa shape index (κ1) is 20.4. The predicted molar refractivity (Wildman–Crippen MR) is 119 cm³/mol. The van der Waals surface area contributed by atoms with Gasteiger partial charge in [0.05, 0.1) is 17.3 Å². The summed E-state index contributed by atoms with van der Waals surface area (Å²) in [5.41, 5.74) is 3.02. The van der Waals surface area contributed by atoms with Gasteiger partial charge in [0.15, 0.2) is 6.10 Å². The van der Waals surface area contributed by atoms with Gasteiger partial charge in [0.2, 0.25) is 0 Å². The van der Waals surface area contributed by atoms with E-state index in [9.17, 15) is 15.0 Å². The highest BCUT2D eigenvalue weighted by molar-refractivity contribution is 5.78. The lowest BCUT2D eigenvalue weighted by atomic mass is 10.0. The van der Waals surface area contributed by atoms with E-state index in [0.29, 0.717) is 23.6 Å². The molecule has 31 heavy (non-hydrogen) atoms. The third kappa shape index (κ3) is 4.99. The molecule has 6 heteroatoms. The van der Waals surface area contributed by atoms with E-state index in [1.54, 1.807) is 42.5 Å². The number of aliphatic hydroxyl groups excluding tert-OH is 1. The zero-order chi connectivity index (χ0) is 21.6. The first-order valence-electron chi connectivity index (χ1n) is 9.90. The molecule has 0 bridgehead atoms. The molecule has 0 fully saturated rings. The van der Waals surface area contributed by atoms with E-state index in [1.165, 1.54) is 0 Å². The summed E-state index contributed by atoms with van der Waals surface area (Å²) in [4.78, 5) is 16.0. The first-order chi connectivity index (χ1) is 15.1. The second kappa shape index (κ2) is 9.28. The molecule has 4 rings (SSSR count). The number of nitrogens with zero attached hydrogens (tertiary/aromatic N) is 1. The molecule has 1 aromatic heterocycles. The fraction of sp³-hybridized carbons (Fsp3) is 0.120. The number of rotatable bonds is 8. The van der Waals surface area contributed by atoms with Gasteiger partial charge >= 0.3 is 5.97 Å². The van der Waals surface area contributed by atoms with Crippen LogP contribution in [0.4, 0.5) is 5.69 Å². The molecule has 0 aliphatic carbocycles. The van der Waals surface area contributed by atoms with Crippen LogP contribution >= 0.6 is 0 Å². The number of hydrogen-bond donors (Lipinski definition) is 3. The molecule has 0 aliphatic rings. The lowest BCUT2D eigenvalue weighted by Crippen LogP contribution is -2.32. The summed E-state index contributed by atoms with van der Waals surface area (Å²) in [6, 6.07) is 27.2. The van der Waals surface area contributed by atoms with Gasteiger partial charge in [-0.3, -0.25) is 0 Å². The largest absolute Gasteiger partial charge is 0.487 e. The van der Waals surface area contributed by atoms with Crippen LogP contribution in [0.25, 0.3) is 10.9 Å². The Labute approximate surface area is 179 Å². The number of para-hydroxylation sites is 1. The van der Waals surface area contributed by atoms with Crippen LogP contribution < -0.4 is 10.1 Å². The highest BCUT2D eigenvalue weighted by atomic mass is 16.5. The fourth-order valence-corrected chi connectivity index (χ4v) is 3.35. The highest BCUT2D eigenvalue weighted by Gasteiger charge is 2.27. The number of aliphatic hydroxyl groups is 1. The van der Waals surface area contributed by atoms with Crippen molar-refractivity contribution in [1.82, 2.24) is 4.98 Å². The molecular weight excluding hydrogens is 392 g/mol. The van der Waals surface area contributed by atoms with Crippen molar-refractivity contribution < 1.29 is 19.7 Å². The normalized spacial score (nSPS) is 12.8. The number of fused-ring (bicyclic) bond motifs is 1. The number of anilines is 1. The Morgan fingerprint density at radius 2 is 1.71 bits per heavy atom. The van der Waals surface area contributed by atoms with Gasteiger partial charge in [-0.15, -0.1) is 0 Å². The molecule has 0 amide bonds. The number of hydrogen-bond acceptors (Lipinski definition) is 5. The van der Waals surface area contributed by atoms with Crippen molar-refractivity contribution in [3.63, 3.8) is 0 Å². The van der Waals surface area contributed by atoms with Crippen molar-refractivity contribution in [3.05, 3.63) is 102 Å². The second-order valence-electron chi connectivity index (χ2n) is 7.13. The number of carbonyl (C=O) groups is 1. The van der Waals surface area contributed by atoms with Crippen molar-refractivity contribution in [2.45, 2.75) is 18.8 Å². The van der Waals surface area contributed by atoms with Crippen LogP contribution in [0.5, 0.6) is 5.75 Å². The van der Waals surface area contributed by atoms with E-state index < -0.39 is 18.1 Å². The highest BCUT2D eigenvalue weighted by Crippen LogP contribution is 2.26. The molecule has 3 aromatic carbocycles. The van der Waals surface area contributed by atoms with E-state index in [4.69, 9.17) is 4.74 Å². The van der Waals surface area contributed by atoms with Crippen LogP contribution in [-0.2, 0) is 11.4 Å². The average molecular weight is 414 g/mol. The third-order valence-corrected chi connectivity index (χ3v) is 4.93. The lowest BCUT2D eigenvalue weighted by Gasteiger charge is -2.23. The molecule has 4 aromatic rings. The Hall–Kier alpha value is -3.90. The van der Waals surface area contributed by atoms with Gasteiger partial charge in [-0.05, 0) is 29.8 Å². The van der Waals surface area contributed by atoms with Gasteiger partial charge in [0, 0.05) is 17.1 Å². The molecule has 156 valence electrons. The van der Waals surface area contributed by atoms with Crippen molar-refractivity contribution in [3.8, 4) is 5.75 Å². The Balaban J connectivity index is 1.49.